The zero-order valence-electron chi connectivity index (χ0n) is 12.1. The van der Waals surface area contributed by atoms with E-state index in [-0.39, 0.29) is 5.91 Å². The Bertz CT molecular complexity index is 843. The van der Waals surface area contributed by atoms with Gasteiger partial charge in [-0.05, 0) is 12.1 Å². The van der Waals surface area contributed by atoms with Gasteiger partial charge in [0.1, 0.15) is 5.56 Å². The van der Waals surface area contributed by atoms with Crippen LogP contribution in [0.4, 0.5) is 5.13 Å². The minimum absolute atomic E-state index is 0.264. The topological polar surface area (TPSA) is 81.9 Å². The number of aromatic nitrogens is 4. The summed E-state index contributed by atoms with van der Waals surface area (Å²) in [5, 5.41) is 9.39. The van der Waals surface area contributed by atoms with Crippen LogP contribution in [0, 0.1) is 0 Å². The zero-order valence-corrected chi connectivity index (χ0v) is 12.9. The highest BCUT2D eigenvalue weighted by Crippen LogP contribution is 2.26. The number of pyridine rings is 1. The molecule has 0 unspecified atom stereocenters. The molecule has 1 aliphatic rings. The highest BCUT2D eigenvalue weighted by atomic mass is 32.1. The Morgan fingerprint density at radius 1 is 1.39 bits per heavy atom. The zero-order chi connectivity index (χ0) is 15.6. The van der Waals surface area contributed by atoms with Crippen LogP contribution in [0.3, 0.4) is 0 Å². The summed E-state index contributed by atoms with van der Waals surface area (Å²) in [6, 6.07) is 3.78. The third kappa shape index (κ3) is 2.68. The Labute approximate surface area is 136 Å². The van der Waals surface area contributed by atoms with Crippen LogP contribution >= 0.6 is 11.3 Å². The number of hydrogen-bond donors (Lipinski definition) is 1. The average molecular weight is 327 g/mol. The van der Waals surface area contributed by atoms with Gasteiger partial charge in [-0.25, -0.2) is 9.67 Å². The van der Waals surface area contributed by atoms with Crippen LogP contribution in [0.2, 0.25) is 0 Å². The van der Waals surface area contributed by atoms with Crippen LogP contribution in [-0.4, -0.2) is 32.3 Å². The van der Waals surface area contributed by atoms with Crippen molar-refractivity contribution in [3.8, 4) is 17.1 Å². The van der Waals surface area contributed by atoms with Crippen LogP contribution in [0.5, 0.6) is 5.88 Å². The fourth-order valence-corrected chi connectivity index (χ4v) is 3.08. The maximum atomic E-state index is 12.4. The van der Waals surface area contributed by atoms with Crippen molar-refractivity contribution in [3.05, 3.63) is 41.7 Å². The van der Waals surface area contributed by atoms with Gasteiger partial charge in [0.15, 0.2) is 5.13 Å². The molecule has 0 radical (unpaired) electrons. The van der Waals surface area contributed by atoms with Gasteiger partial charge >= 0.3 is 0 Å². The molecule has 4 heterocycles. The number of aryl methyl sites for hydroxylation is 1. The summed E-state index contributed by atoms with van der Waals surface area (Å²) in [5.74, 6) is 0.262. The molecule has 1 aliphatic heterocycles. The van der Waals surface area contributed by atoms with E-state index >= 15 is 0 Å². The molecule has 0 bridgehead atoms. The number of hydrogen-bond acceptors (Lipinski definition) is 6. The van der Waals surface area contributed by atoms with E-state index in [1.54, 1.807) is 17.1 Å². The fraction of sp³-hybridized carbons (Fsp3) is 0.200. The number of amides is 1. The molecule has 1 amide bonds. The molecule has 4 rings (SSSR count). The number of nitrogens with zero attached hydrogens (tertiary/aromatic N) is 4. The van der Waals surface area contributed by atoms with Crippen LogP contribution in [-0.2, 0) is 6.54 Å². The molecule has 0 saturated carbocycles. The predicted octanol–water partition coefficient (Wildman–Crippen LogP) is 2.44. The van der Waals surface area contributed by atoms with Crippen LogP contribution < -0.4 is 10.1 Å². The molecule has 0 aromatic carbocycles. The number of thiazole rings is 1. The SMILES string of the molecule is O=C(Nc1nc(-c2cccnc2)cs1)c1cnn2c1OCCC2. The van der Waals surface area contributed by atoms with E-state index in [9.17, 15) is 4.79 Å². The smallest absolute Gasteiger partial charge is 0.264 e. The van der Waals surface area contributed by atoms with E-state index in [0.717, 1.165) is 24.2 Å². The van der Waals surface area contributed by atoms with E-state index in [1.807, 2.05) is 17.5 Å². The molecule has 3 aromatic heterocycles. The summed E-state index contributed by atoms with van der Waals surface area (Å²) < 4.78 is 7.25. The number of anilines is 1. The van der Waals surface area contributed by atoms with Gasteiger partial charge in [0, 0.05) is 36.3 Å². The molecule has 116 valence electrons. The summed E-state index contributed by atoms with van der Waals surface area (Å²) in [6.07, 6.45) is 5.88. The number of carbonyl (C=O) groups is 1. The van der Waals surface area contributed by atoms with Crippen molar-refractivity contribution in [1.29, 1.82) is 0 Å². The lowest BCUT2D eigenvalue weighted by molar-refractivity contribution is 0.102. The van der Waals surface area contributed by atoms with Gasteiger partial charge in [-0.1, -0.05) is 0 Å². The maximum Gasteiger partial charge on any atom is 0.264 e. The van der Waals surface area contributed by atoms with E-state index in [1.165, 1.54) is 17.5 Å². The predicted molar refractivity (Wildman–Crippen MR) is 85.6 cm³/mol. The monoisotopic (exact) mass is 327 g/mol. The Morgan fingerprint density at radius 2 is 2.35 bits per heavy atom. The first-order chi connectivity index (χ1) is 11.3. The first-order valence-corrected chi connectivity index (χ1v) is 8.05. The van der Waals surface area contributed by atoms with Crippen molar-refractivity contribution in [2.45, 2.75) is 13.0 Å². The number of fused-ring (bicyclic) bond motifs is 1. The summed E-state index contributed by atoms with van der Waals surface area (Å²) in [7, 11) is 0. The van der Waals surface area contributed by atoms with Gasteiger partial charge < -0.3 is 4.74 Å². The van der Waals surface area contributed by atoms with E-state index in [2.05, 4.69) is 20.4 Å². The third-order valence-corrected chi connectivity index (χ3v) is 4.23. The molecule has 8 heteroatoms. The quantitative estimate of drug-likeness (QED) is 0.799. The number of carbonyl (C=O) groups excluding carboxylic acids is 1. The summed E-state index contributed by atoms with van der Waals surface area (Å²) >= 11 is 1.37. The molecular weight excluding hydrogens is 314 g/mol. The van der Waals surface area contributed by atoms with Crippen LogP contribution in [0.15, 0.2) is 36.1 Å². The summed E-state index contributed by atoms with van der Waals surface area (Å²) in [5.41, 5.74) is 2.13. The summed E-state index contributed by atoms with van der Waals surface area (Å²) in [4.78, 5) is 20.9. The first kappa shape index (κ1) is 13.9. The van der Waals surface area contributed by atoms with Gasteiger partial charge in [0.05, 0.1) is 18.5 Å². The maximum absolute atomic E-state index is 12.4. The second-order valence-electron chi connectivity index (χ2n) is 5.02. The van der Waals surface area contributed by atoms with Gasteiger partial charge in [-0.3, -0.25) is 15.1 Å². The lowest BCUT2D eigenvalue weighted by Gasteiger charge is -2.15. The largest absolute Gasteiger partial charge is 0.477 e. The molecule has 0 aliphatic carbocycles. The van der Waals surface area contributed by atoms with Gasteiger partial charge in [-0.15, -0.1) is 11.3 Å². The standard InChI is InChI=1S/C15H13N5O2S/c21-13(11-8-17-20-5-2-6-22-14(11)20)19-15-18-12(9-23-15)10-3-1-4-16-7-10/h1,3-4,7-9H,2,5-6H2,(H,18,19,21). The van der Waals surface area contributed by atoms with Gasteiger partial charge in [0.2, 0.25) is 5.88 Å². The Balaban J connectivity index is 1.53. The minimum Gasteiger partial charge on any atom is -0.477 e. The van der Waals surface area contributed by atoms with Crippen molar-refractivity contribution < 1.29 is 9.53 Å². The second kappa shape index (κ2) is 5.81. The third-order valence-electron chi connectivity index (χ3n) is 3.47. The van der Waals surface area contributed by atoms with Gasteiger partial charge in [-0.2, -0.15) is 5.10 Å². The van der Waals surface area contributed by atoms with E-state index in [0.29, 0.717) is 23.2 Å². The highest BCUT2D eigenvalue weighted by molar-refractivity contribution is 7.14. The molecule has 0 spiro atoms. The molecule has 3 aromatic rings. The minimum atomic E-state index is -0.264. The van der Waals surface area contributed by atoms with Crippen molar-refractivity contribution in [1.82, 2.24) is 19.7 Å². The number of nitrogens with one attached hydrogen (secondary N) is 1. The van der Waals surface area contributed by atoms with Crippen molar-refractivity contribution >= 4 is 22.4 Å². The molecule has 23 heavy (non-hydrogen) atoms. The Kier molecular flexibility index (Phi) is 3.51. The molecule has 0 saturated heterocycles. The first-order valence-electron chi connectivity index (χ1n) is 7.17. The van der Waals surface area contributed by atoms with Crippen LogP contribution in [0.25, 0.3) is 11.3 Å². The second-order valence-corrected chi connectivity index (χ2v) is 5.88. The normalized spacial score (nSPS) is 13.2. The molecule has 0 fully saturated rings. The van der Waals surface area contributed by atoms with Crippen molar-refractivity contribution in [2.24, 2.45) is 0 Å². The van der Waals surface area contributed by atoms with E-state index in [4.69, 9.17) is 4.74 Å². The molecule has 1 N–H and O–H groups in total. The number of ether oxygens (including phenoxy) is 1. The Morgan fingerprint density at radius 3 is 3.22 bits per heavy atom. The van der Waals surface area contributed by atoms with Crippen molar-refractivity contribution in [2.75, 3.05) is 11.9 Å². The molecule has 0 atom stereocenters. The Hall–Kier alpha value is -2.74. The highest BCUT2D eigenvalue weighted by Gasteiger charge is 2.22. The molecule has 7 nitrogen and oxygen atoms in total. The van der Waals surface area contributed by atoms with Gasteiger partial charge in [0.25, 0.3) is 5.91 Å². The van der Waals surface area contributed by atoms with Crippen molar-refractivity contribution in [3.63, 3.8) is 0 Å². The van der Waals surface area contributed by atoms with Crippen LogP contribution in [0.1, 0.15) is 16.8 Å². The average Bonchev–Trinajstić information content (AvgIpc) is 3.22. The van der Waals surface area contributed by atoms with E-state index < -0.39 is 0 Å². The lowest BCUT2D eigenvalue weighted by Crippen LogP contribution is -2.18. The molecular formula is C15H13N5O2S. The lowest BCUT2D eigenvalue weighted by atomic mass is 10.2. The fourth-order valence-electron chi connectivity index (χ4n) is 2.37. The summed E-state index contributed by atoms with van der Waals surface area (Å²) in [6.45, 7) is 1.37. The number of rotatable bonds is 3.